The second kappa shape index (κ2) is 10.4. The number of aliphatic carboxylic acids is 1. The van der Waals surface area contributed by atoms with Crippen LogP contribution in [0.2, 0.25) is 0 Å². The van der Waals surface area contributed by atoms with Crippen LogP contribution in [0.5, 0.6) is 5.75 Å². The van der Waals surface area contributed by atoms with Crippen molar-refractivity contribution >= 4 is 46.3 Å². The summed E-state index contributed by atoms with van der Waals surface area (Å²) in [6.07, 6.45) is 1.75. The van der Waals surface area contributed by atoms with E-state index < -0.39 is 18.6 Å². The largest absolute Gasteiger partial charge is 0.482 e. The third-order valence-corrected chi connectivity index (χ3v) is 7.56. The third-order valence-electron chi connectivity index (χ3n) is 5.65. The number of carbonyl (C=O) groups excluding carboxylic acids is 1. The quantitative estimate of drug-likeness (QED) is 0.380. The van der Waals surface area contributed by atoms with Gasteiger partial charge in [-0.1, -0.05) is 47.7 Å². The molecular weight excluding hydrogens is 510 g/mol. The van der Waals surface area contributed by atoms with Crippen molar-refractivity contribution in [3.8, 4) is 5.75 Å². The van der Waals surface area contributed by atoms with Crippen LogP contribution < -0.4 is 24.9 Å². The van der Waals surface area contributed by atoms with Gasteiger partial charge >= 0.3 is 5.97 Å². The lowest BCUT2D eigenvalue weighted by Crippen LogP contribution is -2.40. The standard InChI is InChI=1S/C27H21N3O5S2/c1-16-23(25(33)29-18-6-3-2-4-7-18)24(20-8-5-13-36-20)30-26(34)21(37-27(30)28-16)14-17-9-11-19(12-10-17)35-15-22(31)32/h2-14,24H,15H2,1H3,(H,29,33)(H,31,32)/b21-14-/t24-/m0/s1. The highest BCUT2D eigenvalue weighted by Crippen LogP contribution is 2.33. The summed E-state index contributed by atoms with van der Waals surface area (Å²) < 4.78 is 7.23. The van der Waals surface area contributed by atoms with Crippen molar-refractivity contribution in [2.45, 2.75) is 13.0 Å². The van der Waals surface area contributed by atoms with Crippen LogP contribution in [0.1, 0.15) is 23.4 Å². The fourth-order valence-corrected chi connectivity index (χ4v) is 5.87. The van der Waals surface area contributed by atoms with Crippen LogP contribution in [0, 0.1) is 0 Å². The predicted octanol–water partition coefficient (Wildman–Crippen LogP) is 3.40. The number of amides is 1. The summed E-state index contributed by atoms with van der Waals surface area (Å²) in [5, 5.41) is 13.6. The van der Waals surface area contributed by atoms with E-state index in [4.69, 9.17) is 9.84 Å². The summed E-state index contributed by atoms with van der Waals surface area (Å²) in [5.74, 6) is -0.946. The number of benzene rings is 2. The SMILES string of the molecule is CC1=C(C(=O)Nc2ccccc2)[C@H](c2cccs2)n2c(s/c(=C\c3ccc(OCC(=O)O)cc3)c2=O)=N1. The van der Waals surface area contributed by atoms with Gasteiger partial charge in [0, 0.05) is 10.6 Å². The number of nitrogens with zero attached hydrogens (tertiary/aromatic N) is 2. The number of allylic oxidation sites excluding steroid dienone is 1. The number of rotatable bonds is 7. The van der Waals surface area contributed by atoms with Crippen LogP contribution in [0.25, 0.3) is 6.08 Å². The molecule has 3 heterocycles. The molecule has 0 radical (unpaired) electrons. The lowest BCUT2D eigenvalue weighted by Gasteiger charge is -2.24. The van der Waals surface area contributed by atoms with Crippen LogP contribution in [0.4, 0.5) is 5.69 Å². The molecule has 10 heteroatoms. The summed E-state index contributed by atoms with van der Waals surface area (Å²) in [4.78, 5) is 43.8. The van der Waals surface area contributed by atoms with Gasteiger partial charge < -0.3 is 15.2 Å². The first-order valence-electron chi connectivity index (χ1n) is 11.3. The van der Waals surface area contributed by atoms with Crippen molar-refractivity contribution in [2.24, 2.45) is 4.99 Å². The van der Waals surface area contributed by atoms with E-state index in [0.29, 0.717) is 32.0 Å². The predicted molar refractivity (Wildman–Crippen MR) is 143 cm³/mol. The molecule has 2 aromatic carbocycles. The molecule has 8 nitrogen and oxygen atoms in total. The Bertz CT molecular complexity index is 1670. The smallest absolute Gasteiger partial charge is 0.341 e. The summed E-state index contributed by atoms with van der Waals surface area (Å²) in [7, 11) is 0. The van der Waals surface area contributed by atoms with Crippen molar-refractivity contribution in [1.29, 1.82) is 0 Å². The number of ether oxygens (including phenoxy) is 1. The number of hydrogen-bond donors (Lipinski definition) is 2. The van der Waals surface area contributed by atoms with E-state index in [1.54, 1.807) is 54.0 Å². The lowest BCUT2D eigenvalue weighted by molar-refractivity contribution is -0.139. The highest BCUT2D eigenvalue weighted by atomic mass is 32.1. The third kappa shape index (κ3) is 5.16. The first-order valence-corrected chi connectivity index (χ1v) is 13.0. The molecule has 1 aliphatic rings. The monoisotopic (exact) mass is 531 g/mol. The van der Waals surface area contributed by atoms with Gasteiger partial charge in [-0.15, -0.1) is 11.3 Å². The van der Waals surface area contributed by atoms with Crippen LogP contribution in [-0.2, 0) is 9.59 Å². The van der Waals surface area contributed by atoms with E-state index >= 15 is 0 Å². The number of carboxylic acids is 1. The Kier molecular flexibility index (Phi) is 6.85. The van der Waals surface area contributed by atoms with Gasteiger partial charge in [0.25, 0.3) is 11.5 Å². The van der Waals surface area contributed by atoms with Crippen molar-refractivity contribution < 1.29 is 19.4 Å². The molecule has 1 aliphatic heterocycles. The number of anilines is 1. The first-order chi connectivity index (χ1) is 17.9. The number of nitrogens with one attached hydrogen (secondary N) is 1. The second-order valence-corrected chi connectivity index (χ2v) is 10.2. The Balaban J connectivity index is 1.54. The molecule has 0 spiro atoms. The Morgan fingerprint density at radius 3 is 2.54 bits per heavy atom. The second-order valence-electron chi connectivity index (χ2n) is 8.17. The van der Waals surface area contributed by atoms with Crippen LogP contribution >= 0.6 is 22.7 Å². The lowest BCUT2D eigenvalue weighted by atomic mass is 10.0. The zero-order chi connectivity index (χ0) is 25.9. The molecule has 186 valence electrons. The Morgan fingerprint density at radius 1 is 1.11 bits per heavy atom. The van der Waals surface area contributed by atoms with Gasteiger partial charge in [-0.25, -0.2) is 9.79 Å². The normalized spacial score (nSPS) is 15.2. The number of para-hydroxylation sites is 1. The van der Waals surface area contributed by atoms with Gasteiger partial charge in [0.1, 0.15) is 11.8 Å². The molecule has 37 heavy (non-hydrogen) atoms. The van der Waals surface area contributed by atoms with Crippen LogP contribution in [0.15, 0.2) is 93.2 Å². The minimum absolute atomic E-state index is 0.245. The van der Waals surface area contributed by atoms with Gasteiger partial charge in [-0.05, 0) is 54.3 Å². The molecular formula is C27H21N3O5S2. The number of carbonyl (C=O) groups is 2. The average molecular weight is 532 g/mol. The van der Waals surface area contributed by atoms with Gasteiger partial charge in [-0.3, -0.25) is 14.2 Å². The van der Waals surface area contributed by atoms with E-state index in [9.17, 15) is 14.4 Å². The number of carboxylic acid groups (broad SMARTS) is 1. The fourth-order valence-electron chi connectivity index (χ4n) is 4.00. The molecule has 0 saturated carbocycles. The minimum atomic E-state index is -1.06. The van der Waals surface area contributed by atoms with Crippen LogP contribution in [0.3, 0.4) is 0 Å². The van der Waals surface area contributed by atoms with Gasteiger partial charge in [0.15, 0.2) is 11.4 Å². The maximum Gasteiger partial charge on any atom is 0.341 e. The first kappa shape index (κ1) is 24.4. The molecule has 1 atom stereocenters. The number of thiophene rings is 1. The average Bonchev–Trinajstić information content (AvgIpc) is 3.52. The van der Waals surface area contributed by atoms with Crippen molar-refractivity contribution in [3.63, 3.8) is 0 Å². The van der Waals surface area contributed by atoms with Crippen molar-refractivity contribution in [1.82, 2.24) is 4.57 Å². The number of thiazole rings is 1. The summed E-state index contributed by atoms with van der Waals surface area (Å²) in [5.41, 5.74) is 2.14. The number of aromatic nitrogens is 1. The highest BCUT2D eigenvalue weighted by molar-refractivity contribution is 7.10. The Morgan fingerprint density at radius 2 is 1.86 bits per heavy atom. The Labute approximate surface area is 219 Å². The molecule has 0 fully saturated rings. The summed E-state index contributed by atoms with van der Waals surface area (Å²) in [6.45, 7) is 1.35. The molecule has 0 aliphatic carbocycles. The van der Waals surface area contributed by atoms with E-state index in [1.807, 2.05) is 35.7 Å². The fraction of sp³-hybridized carbons (Fsp3) is 0.111. The van der Waals surface area contributed by atoms with Crippen LogP contribution in [-0.4, -0.2) is 28.2 Å². The van der Waals surface area contributed by atoms with E-state index in [-0.39, 0.29) is 11.5 Å². The molecule has 1 amide bonds. The number of fused-ring (bicyclic) bond motifs is 1. The highest BCUT2D eigenvalue weighted by Gasteiger charge is 2.33. The summed E-state index contributed by atoms with van der Waals surface area (Å²) >= 11 is 2.73. The number of hydrogen-bond acceptors (Lipinski definition) is 7. The topological polar surface area (TPSA) is 110 Å². The molecule has 0 bridgehead atoms. The zero-order valence-electron chi connectivity index (χ0n) is 19.6. The van der Waals surface area contributed by atoms with E-state index in [2.05, 4.69) is 10.3 Å². The Hall–Kier alpha value is -4.28. The molecule has 5 rings (SSSR count). The molecule has 0 unspecified atom stereocenters. The maximum absolute atomic E-state index is 13.6. The van der Waals surface area contributed by atoms with Crippen molar-refractivity contribution in [2.75, 3.05) is 11.9 Å². The molecule has 2 aromatic heterocycles. The molecule has 0 saturated heterocycles. The maximum atomic E-state index is 13.6. The van der Waals surface area contributed by atoms with Gasteiger partial charge in [0.05, 0.1) is 15.8 Å². The zero-order valence-corrected chi connectivity index (χ0v) is 21.2. The van der Waals surface area contributed by atoms with E-state index in [1.165, 1.54) is 22.7 Å². The van der Waals surface area contributed by atoms with Gasteiger partial charge in [-0.2, -0.15) is 0 Å². The van der Waals surface area contributed by atoms with Crippen molar-refractivity contribution in [3.05, 3.63) is 114 Å². The summed E-state index contributed by atoms with van der Waals surface area (Å²) in [6, 6.07) is 19.2. The molecule has 4 aromatic rings. The minimum Gasteiger partial charge on any atom is -0.482 e. The molecule has 2 N–H and O–H groups in total. The van der Waals surface area contributed by atoms with E-state index in [0.717, 1.165) is 10.4 Å². The van der Waals surface area contributed by atoms with Gasteiger partial charge in [0.2, 0.25) is 0 Å².